The van der Waals surface area contributed by atoms with E-state index in [2.05, 4.69) is 10.6 Å². The van der Waals surface area contributed by atoms with Gasteiger partial charge in [-0.2, -0.15) is 0 Å². The molecule has 0 unspecified atom stereocenters. The van der Waals surface area contributed by atoms with Crippen LogP contribution in [0.15, 0.2) is 24.3 Å². The number of nitrogens with one attached hydrogen (secondary N) is 2. The van der Waals surface area contributed by atoms with E-state index in [1.165, 1.54) is 0 Å². The van der Waals surface area contributed by atoms with Crippen LogP contribution in [0.25, 0.3) is 0 Å². The quantitative estimate of drug-likeness (QED) is 0.791. The molecule has 1 aliphatic carbocycles. The van der Waals surface area contributed by atoms with Gasteiger partial charge in [-0.25, -0.2) is 0 Å². The molecule has 1 heterocycles. The molecule has 25 heavy (non-hydrogen) atoms. The minimum atomic E-state index is -0.0350. The van der Waals surface area contributed by atoms with Gasteiger partial charge in [-0.3, -0.25) is 4.79 Å². The molecule has 0 bridgehead atoms. The maximum absolute atomic E-state index is 12.2. The molecule has 2 atom stereocenters. The smallest absolute Gasteiger partial charge is 0.238 e. The lowest BCUT2D eigenvalue weighted by molar-refractivity contribution is -0.173. The van der Waals surface area contributed by atoms with Crippen LogP contribution < -0.4 is 15.4 Å². The summed E-state index contributed by atoms with van der Waals surface area (Å²) in [5, 5.41) is 6.35. The molecule has 6 nitrogen and oxygen atoms in total. The third kappa shape index (κ3) is 3.97. The van der Waals surface area contributed by atoms with Crippen LogP contribution in [0.5, 0.6) is 5.75 Å². The molecule has 1 amide bonds. The molecule has 2 aliphatic rings. The summed E-state index contributed by atoms with van der Waals surface area (Å²) in [7, 11) is 1.62. The molecule has 1 saturated carbocycles. The van der Waals surface area contributed by atoms with E-state index in [-0.39, 0.29) is 17.4 Å². The Balaban J connectivity index is 1.51. The Labute approximate surface area is 149 Å². The first kappa shape index (κ1) is 18.2. The van der Waals surface area contributed by atoms with Crippen LogP contribution in [0.3, 0.4) is 0 Å². The Morgan fingerprint density at radius 1 is 1.28 bits per heavy atom. The summed E-state index contributed by atoms with van der Waals surface area (Å²) in [6.07, 6.45) is 3.23. The third-order valence-corrected chi connectivity index (χ3v) is 5.46. The second-order valence-electron chi connectivity index (χ2n) is 6.74. The van der Waals surface area contributed by atoms with Crippen molar-refractivity contribution < 1.29 is 19.0 Å². The number of hydrogen-bond acceptors (Lipinski definition) is 5. The first-order valence-corrected chi connectivity index (χ1v) is 9.04. The van der Waals surface area contributed by atoms with Crippen molar-refractivity contribution in [2.24, 2.45) is 5.41 Å². The summed E-state index contributed by atoms with van der Waals surface area (Å²) in [6.45, 7) is 4.63. The number of benzene rings is 1. The SMILES string of the molecule is CCO[C@H]1C[C@H](NCC(=O)Nc2ccc(OC)cc2)C12CCOCC2. The number of methoxy groups -OCH3 is 1. The predicted molar refractivity (Wildman–Crippen MR) is 95.9 cm³/mol. The first-order chi connectivity index (χ1) is 12.2. The van der Waals surface area contributed by atoms with Crippen LogP contribution in [0.1, 0.15) is 26.2 Å². The largest absolute Gasteiger partial charge is 0.497 e. The van der Waals surface area contributed by atoms with Crippen molar-refractivity contribution in [1.29, 1.82) is 0 Å². The highest BCUT2D eigenvalue weighted by Gasteiger charge is 2.55. The molecule has 1 aromatic rings. The summed E-state index contributed by atoms with van der Waals surface area (Å²) in [5.74, 6) is 0.737. The predicted octanol–water partition coefficient (Wildman–Crippen LogP) is 2.20. The molecular weight excluding hydrogens is 320 g/mol. The van der Waals surface area contributed by atoms with Gasteiger partial charge in [0, 0.05) is 37.0 Å². The van der Waals surface area contributed by atoms with Crippen molar-refractivity contribution in [2.75, 3.05) is 38.8 Å². The van der Waals surface area contributed by atoms with Gasteiger partial charge in [-0.1, -0.05) is 0 Å². The van der Waals surface area contributed by atoms with Crippen molar-refractivity contribution in [3.8, 4) is 5.75 Å². The molecular formula is C19H28N2O4. The van der Waals surface area contributed by atoms with Crippen LogP contribution in [-0.2, 0) is 14.3 Å². The van der Waals surface area contributed by atoms with Crippen LogP contribution in [0.4, 0.5) is 5.69 Å². The van der Waals surface area contributed by atoms with Crippen molar-refractivity contribution in [3.05, 3.63) is 24.3 Å². The van der Waals surface area contributed by atoms with Crippen LogP contribution in [-0.4, -0.2) is 51.5 Å². The highest BCUT2D eigenvalue weighted by Crippen LogP contribution is 2.50. The average Bonchev–Trinajstić information content (AvgIpc) is 2.65. The maximum atomic E-state index is 12.2. The zero-order valence-corrected chi connectivity index (χ0v) is 15.0. The fourth-order valence-corrected chi connectivity index (χ4v) is 3.99. The van der Waals surface area contributed by atoms with Crippen LogP contribution >= 0.6 is 0 Å². The molecule has 138 valence electrons. The first-order valence-electron chi connectivity index (χ1n) is 9.04. The third-order valence-electron chi connectivity index (χ3n) is 5.46. The normalized spacial score (nSPS) is 24.6. The van der Waals surface area contributed by atoms with E-state index in [1.54, 1.807) is 7.11 Å². The van der Waals surface area contributed by atoms with Gasteiger partial charge in [0.2, 0.25) is 5.91 Å². The van der Waals surface area contributed by atoms with Gasteiger partial charge in [0.05, 0.1) is 19.8 Å². The van der Waals surface area contributed by atoms with Crippen LogP contribution in [0, 0.1) is 5.41 Å². The van der Waals surface area contributed by atoms with E-state index >= 15 is 0 Å². The lowest BCUT2D eigenvalue weighted by atomic mass is 9.57. The minimum absolute atomic E-state index is 0.0350. The van der Waals surface area contributed by atoms with Gasteiger partial charge in [0.25, 0.3) is 0 Å². The zero-order chi connectivity index (χ0) is 17.7. The molecule has 2 N–H and O–H groups in total. The Hall–Kier alpha value is -1.63. The number of carbonyl (C=O) groups excluding carboxylic acids is 1. The number of carbonyl (C=O) groups is 1. The topological polar surface area (TPSA) is 68.8 Å². The zero-order valence-electron chi connectivity index (χ0n) is 15.0. The molecule has 3 rings (SSSR count). The summed E-state index contributed by atoms with van der Waals surface area (Å²) < 4.78 is 16.6. The van der Waals surface area contributed by atoms with Gasteiger partial charge in [-0.05, 0) is 50.5 Å². The molecule has 2 fully saturated rings. The van der Waals surface area contributed by atoms with Crippen molar-refractivity contribution >= 4 is 11.6 Å². The number of rotatable bonds is 7. The van der Waals surface area contributed by atoms with Gasteiger partial charge in [0.1, 0.15) is 5.75 Å². The summed E-state index contributed by atoms with van der Waals surface area (Å²) in [4.78, 5) is 12.2. The number of ether oxygens (including phenoxy) is 3. The highest BCUT2D eigenvalue weighted by molar-refractivity contribution is 5.92. The van der Waals surface area contributed by atoms with E-state index in [4.69, 9.17) is 14.2 Å². The molecule has 1 aliphatic heterocycles. The van der Waals surface area contributed by atoms with E-state index in [0.29, 0.717) is 12.6 Å². The number of anilines is 1. The standard InChI is InChI=1S/C19H28N2O4/c1-3-25-17-12-16(19(17)8-10-24-11-9-19)20-13-18(22)21-14-4-6-15(23-2)7-5-14/h4-7,16-17,20H,3,8-13H2,1-2H3,(H,21,22)/t16-,17-/m0/s1. The molecule has 0 radical (unpaired) electrons. The van der Waals surface area contributed by atoms with Crippen molar-refractivity contribution in [1.82, 2.24) is 5.32 Å². The van der Waals surface area contributed by atoms with Gasteiger partial charge < -0.3 is 24.8 Å². The maximum Gasteiger partial charge on any atom is 0.238 e. The second kappa shape index (κ2) is 8.17. The van der Waals surface area contributed by atoms with Crippen molar-refractivity contribution in [3.63, 3.8) is 0 Å². The fourth-order valence-electron chi connectivity index (χ4n) is 3.99. The Kier molecular flexibility index (Phi) is 5.93. The van der Waals surface area contributed by atoms with E-state index in [1.807, 2.05) is 31.2 Å². The average molecular weight is 348 g/mol. The molecule has 1 aromatic carbocycles. The second-order valence-corrected chi connectivity index (χ2v) is 6.74. The lowest BCUT2D eigenvalue weighted by Gasteiger charge is -2.57. The van der Waals surface area contributed by atoms with Gasteiger partial charge in [0.15, 0.2) is 0 Å². The molecule has 1 spiro atoms. The number of hydrogen-bond donors (Lipinski definition) is 2. The Bertz CT molecular complexity index is 569. The van der Waals surface area contributed by atoms with Crippen molar-refractivity contribution in [2.45, 2.75) is 38.3 Å². The van der Waals surface area contributed by atoms with E-state index < -0.39 is 0 Å². The summed E-state index contributed by atoms with van der Waals surface area (Å²) >= 11 is 0. The van der Waals surface area contributed by atoms with Gasteiger partial charge >= 0.3 is 0 Å². The summed E-state index contributed by atoms with van der Waals surface area (Å²) in [6, 6.07) is 7.66. The summed E-state index contributed by atoms with van der Waals surface area (Å²) in [5.41, 5.74) is 0.892. The molecule has 6 heteroatoms. The van der Waals surface area contributed by atoms with Crippen LogP contribution in [0.2, 0.25) is 0 Å². The fraction of sp³-hybridized carbons (Fsp3) is 0.632. The molecule has 0 aromatic heterocycles. The minimum Gasteiger partial charge on any atom is -0.497 e. The monoisotopic (exact) mass is 348 g/mol. The van der Waals surface area contributed by atoms with E-state index in [9.17, 15) is 4.79 Å². The van der Waals surface area contributed by atoms with E-state index in [0.717, 1.165) is 50.5 Å². The lowest BCUT2D eigenvalue weighted by Crippen LogP contribution is -2.66. The highest BCUT2D eigenvalue weighted by atomic mass is 16.5. The molecule has 1 saturated heterocycles. The Morgan fingerprint density at radius 2 is 2.00 bits per heavy atom. The Morgan fingerprint density at radius 3 is 2.64 bits per heavy atom. The van der Waals surface area contributed by atoms with Gasteiger partial charge in [-0.15, -0.1) is 0 Å². The number of amides is 1.